The normalized spacial score (nSPS) is 14.3. The number of carbonyl (C=O) groups is 3. The standard InChI is InChI=1S/C25H19ClN2O6/c1-33-21-10-3-6-16(22(21)34-14-15-5-2-7-17(11-15)24(30)31)12-20-23(29)28(25(32)27-20)19-9-4-8-18(26)13-19/h2-13H,14H2,1H3,(H,27,32)(H,30,31)/b20-12+. The Morgan fingerprint density at radius 1 is 1.09 bits per heavy atom. The number of carbonyl (C=O) groups excluding carboxylic acids is 2. The number of rotatable bonds is 7. The minimum absolute atomic E-state index is 0.0518. The number of anilines is 1. The highest BCUT2D eigenvalue weighted by Gasteiger charge is 2.35. The SMILES string of the molecule is COc1cccc(/C=C2/NC(=O)N(c3cccc(Cl)c3)C2=O)c1OCc1cccc(C(=O)O)c1. The number of ether oxygens (including phenoxy) is 2. The number of imide groups is 1. The molecule has 0 spiro atoms. The Morgan fingerprint density at radius 3 is 2.59 bits per heavy atom. The molecule has 1 saturated heterocycles. The third-order valence-electron chi connectivity index (χ3n) is 5.03. The van der Waals surface area contributed by atoms with Gasteiger partial charge in [0.05, 0.1) is 18.4 Å². The minimum atomic E-state index is -1.04. The molecule has 0 atom stereocenters. The van der Waals surface area contributed by atoms with Gasteiger partial charge in [0.1, 0.15) is 12.3 Å². The molecule has 2 N–H and O–H groups in total. The molecule has 172 valence electrons. The smallest absolute Gasteiger partial charge is 0.335 e. The summed E-state index contributed by atoms with van der Waals surface area (Å²) in [5.74, 6) is -0.840. The number of nitrogens with one attached hydrogen (secondary N) is 1. The summed E-state index contributed by atoms with van der Waals surface area (Å²) in [6.45, 7) is 0.0621. The molecule has 0 bridgehead atoms. The van der Waals surface area contributed by atoms with E-state index in [9.17, 15) is 19.5 Å². The molecular formula is C25H19ClN2O6. The van der Waals surface area contributed by atoms with Crippen molar-refractivity contribution < 1.29 is 29.0 Å². The van der Waals surface area contributed by atoms with Gasteiger partial charge < -0.3 is 19.9 Å². The highest BCUT2D eigenvalue weighted by molar-refractivity contribution is 6.32. The van der Waals surface area contributed by atoms with E-state index in [0.29, 0.717) is 33.3 Å². The number of methoxy groups -OCH3 is 1. The van der Waals surface area contributed by atoms with Gasteiger partial charge >= 0.3 is 12.0 Å². The van der Waals surface area contributed by atoms with Gasteiger partial charge in [-0.25, -0.2) is 14.5 Å². The van der Waals surface area contributed by atoms with Crippen LogP contribution in [0.1, 0.15) is 21.5 Å². The summed E-state index contributed by atoms with van der Waals surface area (Å²) < 4.78 is 11.4. The number of hydrogen-bond acceptors (Lipinski definition) is 5. The third-order valence-corrected chi connectivity index (χ3v) is 5.27. The Hall–Kier alpha value is -4.30. The van der Waals surface area contributed by atoms with E-state index in [1.54, 1.807) is 48.5 Å². The average Bonchev–Trinajstić information content (AvgIpc) is 3.10. The van der Waals surface area contributed by atoms with E-state index < -0.39 is 17.9 Å². The van der Waals surface area contributed by atoms with E-state index in [1.807, 2.05) is 0 Å². The molecule has 3 aromatic rings. The van der Waals surface area contributed by atoms with Crippen LogP contribution in [-0.2, 0) is 11.4 Å². The largest absolute Gasteiger partial charge is 0.493 e. The molecule has 0 radical (unpaired) electrons. The van der Waals surface area contributed by atoms with Gasteiger partial charge in [-0.05, 0) is 48.0 Å². The van der Waals surface area contributed by atoms with Gasteiger partial charge in [-0.2, -0.15) is 0 Å². The van der Waals surface area contributed by atoms with Gasteiger partial charge in [0, 0.05) is 10.6 Å². The van der Waals surface area contributed by atoms with Crippen LogP contribution in [0, 0.1) is 0 Å². The number of halogens is 1. The molecule has 1 fully saturated rings. The zero-order valence-corrected chi connectivity index (χ0v) is 18.7. The van der Waals surface area contributed by atoms with Crippen molar-refractivity contribution in [2.45, 2.75) is 6.61 Å². The maximum atomic E-state index is 13.0. The number of carboxylic acid groups (broad SMARTS) is 1. The second-order valence-electron chi connectivity index (χ2n) is 7.28. The number of aromatic carboxylic acids is 1. The molecule has 3 aromatic carbocycles. The summed E-state index contributed by atoms with van der Waals surface area (Å²) >= 11 is 6.00. The average molecular weight is 479 g/mol. The summed E-state index contributed by atoms with van der Waals surface area (Å²) in [5.41, 5.74) is 1.67. The van der Waals surface area contributed by atoms with Crippen molar-refractivity contribution in [2.24, 2.45) is 0 Å². The van der Waals surface area contributed by atoms with Crippen LogP contribution in [0.5, 0.6) is 11.5 Å². The molecule has 9 heteroatoms. The number of para-hydroxylation sites is 1. The first-order chi connectivity index (χ1) is 16.4. The van der Waals surface area contributed by atoms with Gasteiger partial charge in [-0.1, -0.05) is 41.9 Å². The summed E-state index contributed by atoms with van der Waals surface area (Å²) in [6, 6.07) is 17.3. The fourth-order valence-corrected chi connectivity index (χ4v) is 3.64. The molecule has 0 aliphatic carbocycles. The van der Waals surface area contributed by atoms with Crippen LogP contribution < -0.4 is 19.7 Å². The summed E-state index contributed by atoms with van der Waals surface area (Å²) in [7, 11) is 1.48. The van der Waals surface area contributed by atoms with Crippen LogP contribution in [0.25, 0.3) is 6.08 Å². The Kier molecular flexibility index (Phi) is 6.51. The van der Waals surface area contributed by atoms with Crippen LogP contribution in [0.15, 0.2) is 72.4 Å². The van der Waals surface area contributed by atoms with Gasteiger partial charge in [0.15, 0.2) is 11.5 Å². The van der Waals surface area contributed by atoms with Gasteiger partial charge in [-0.15, -0.1) is 0 Å². The molecule has 34 heavy (non-hydrogen) atoms. The van der Waals surface area contributed by atoms with Crippen LogP contribution in [0.3, 0.4) is 0 Å². The number of carboxylic acids is 1. The van der Waals surface area contributed by atoms with Gasteiger partial charge in [0.25, 0.3) is 5.91 Å². The zero-order chi connectivity index (χ0) is 24.2. The number of hydrogen-bond donors (Lipinski definition) is 2. The molecule has 1 aliphatic heterocycles. The molecule has 0 unspecified atom stereocenters. The summed E-state index contributed by atoms with van der Waals surface area (Å²) in [4.78, 5) is 37.7. The number of benzene rings is 3. The molecule has 0 aromatic heterocycles. The van der Waals surface area contributed by atoms with Crippen molar-refractivity contribution in [3.8, 4) is 11.5 Å². The highest BCUT2D eigenvalue weighted by atomic mass is 35.5. The number of nitrogens with zero attached hydrogens (tertiary/aromatic N) is 1. The number of urea groups is 1. The fourth-order valence-electron chi connectivity index (χ4n) is 3.45. The second-order valence-corrected chi connectivity index (χ2v) is 7.72. The first-order valence-electron chi connectivity index (χ1n) is 10.1. The molecule has 1 heterocycles. The molecule has 4 rings (SSSR count). The zero-order valence-electron chi connectivity index (χ0n) is 17.9. The van der Waals surface area contributed by atoms with E-state index in [1.165, 1.54) is 31.4 Å². The minimum Gasteiger partial charge on any atom is -0.493 e. The van der Waals surface area contributed by atoms with E-state index in [4.69, 9.17) is 21.1 Å². The molecular weight excluding hydrogens is 460 g/mol. The van der Waals surface area contributed by atoms with Gasteiger partial charge in [0.2, 0.25) is 0 Å². The van der Waals surface area contributed by atoms with Crippen molar-refractivity contribution in [1.82, 2.24) is 5.32 Å². The Balaban J connectivity index is 1.64. The van der Waals surface area contributed by atoms with E-state index >= 15 is 0 Å². The predicted molar refractivity (Wildman–Crippen MR) is 126 cm³/mol. The maximum Gasteiger partial charge on any atom is 0.335 e. The number of amides is 3. The maximum absolute atomic E-state index is 13.0. The monoisotopic (exact) mass is 478 g/mol. The van der Waals surface area contributed by atoms with Crippen molar-refractivity contribution in [3.05, 3.63) is 94.1 Å². The van der Waals surface area contributed by atoms with E-state index in [2.05, 4.69) is 5.32 Å². The van der Waals surface area contributed by atoms with Crippen LogP contribution in [-0.4, -0.2) is 30.1 Å². The van der Waals surface area contributed by atoms with Crippen molar-refractivity contribution in [3.63, 3.8) is 0 Å². The fraction of sp³-hybridized carbons (Fsp3) is 0.0800. The van der Waals surface area contributed by atoms with Crippen molar-refractivity contribution in [2.75, 3.05) is 12.0 Å². The molecule has 8 nitrogen and oxygen atoms in total. The van der Waals surface area contributed by atoms with Crippen molar-refractivity contribution >= 4 is 41.3 Å². The van der Waals surface area contributed by atoms with Gasteiger partial charge in [-0.3, -0.25) is 4.79 Å². The Morgan fingerprint density at radius 2 is 1.85 bits per heavy atom. The lowest BCUT2D eigenvalue weighted by Gasteiger charge is -2.14. The third kappa shape index (κ3) is 4.72. The molecule has 1 aliphatic rings. The van der Waals surface area contributed by atoms with Crippen LogP contribution in [0.4, 0.5) is 10.5 Å². The molecule has 3 amide bonds. The lowest BCUT2D eigenvalue weighted by atomic mass is 10.1. The first-order valence-corrected chi connectivity index (χ1v) is 10.5. The van der Waals surface area contributed by atoms with E-state index in [-0.39, 0.29) is 17.9 Å². The lowest BCUT2D eigenvalue weighted by Crippen LogP contribution is -2.30. The predicted octanol–water partition coefficient (Wildman–Crippen LogP) is 4.72. The van der Waals surface area contributed by atoms with Crippen LogP contribution in [0.2, 0.25) is 5.02 Å². The second kappa shape index (κ2) is 9.68. The quantitative estimate of drug-likeness (QED) is 0.376. The van der Waals surface area contributed by atoms with Crippen molar-refractivity contribution in [1.29, 1.82) is 0 Å². The first kappa shape index (κ1) is 22.9. The summed E-state index contributed by atoms with van der Waals surface area (Å²) in [6.07, 6.45) is 1.50. The van der Waals surface area contributed by atoms with Crippen LogP contribution >= 0.6 is 11.6 Å². The highest BCUT2D eigenvalue weighted by Crippen LogP contribution is 2.34. The lowest BCUT2D eigenvalue weighted by molar-refractivity contribution is -0.113. The summed E-state index contributed by atoms with van der Waals surface area (Å²) in [5, 5.41) is 12.2. The molecule has 0 saturated carbocycles. The Labute approximate surface area is 200 Å². The Bertz CT molecular complexity index is 1320. The topological polar surface area (TPSA) is 105 Å². The van der Waals surface area contributed by atoms with E-state index in [0.717, 1.165) is 4.90 Å².